The largest absolute Gasteiger partial charge is 0.207 e. The zero-order valence-corrected chi connectivity index (χ0v) is 10.1. The molecule has 0 aliphatic heterocycles. The highest BCUT2D eigenvalue weighted by molar-refractivity contribution is 6.20. The van der Waals surface area contributed by atoms with Gasteiger partial charge in [0.05, 0.1) is 5.38 Å². The van der Waals surface area contributed by atoms with Crippen molar-refractivity contribution in [2.24, 2.45) is 0 Å². The van der Waals surface area contributed by atoms with Gasteiger partial charge in [-0.2, -0.15) is 0 Å². The van der Waals surface area contributed by atoms with Crippen molar-refractivity contribution in [3.63, 3.8) is 0 Å². The summed E-state index contributed by atoms with van der Waals surface area (Å²) in [4.78, 5) is 0. The zero-order chi connectivity index (χ0) is 13.1. The first-order chi connectivity index (χ1) is 8.56. The molecule has 0 heterocycles. The van der Waals surface area contributed by atoms with Crippen LogP contribution >= 0.6 is 11.6 Å². The van der Waals surface area contributed by atoms with E-state index in [1.54, 1.807) is 12.1 Å². The molecule has 0 nitrogen and oxygen atoms in total. The summed E-state index contributed by atoms with van der Waals surface area (Å²) in [6, 6.07) is 9.48. The molecular weight excluding hydrogens is 261 g/mol. The molecule has 0 spiro atoms. The van der Waals surface area contributed by atoms with Gasteiger partial charge in [0.1, 0.15) is 5.82 Å². The van der Waals surface area contributed by atoms with E-state index in [4.69, 9.17) is 11.6 Å². The Hall–Kier alpha value is -1.48. The van der Waals surface area contributed by atoms with Gasteiger partial charge < -0.3 is 0 Å². The second kappa shape index (κ2) is 5.44. The number of rotatable bonds is 3. The van der Waals surface area contributed by atoms with Gasteiger partial charge in [-0.15, -0.1) is 11.6 Å². The molecule has 4 heteroatoms. The first-order valence-electron chi connectivity index (χ1n) is 5.40. The Morgan fingerprint density at radius 2 is 1.56 bits per heavy atom. The number of benzene rings is 2. The standard InChI is InChI=1S/C14H10ClF3/c15-12(7-9-1-4-11(16)5-2-9)10-3-6-13(17)14(18)8-10/h1-6,8,12H,7H2. The van der Waals surface area contributed by atoms with E-state index in [9.17, 15) is 13.2 Å². The molecule has 1 unspecified atom stereocenters. The third kappa shape index (κ3) is 3.05. The van der Waals surface area contributed by atoms with Crippen LogP contribution < -0.4 is 0 Å². The average molecular weight is 271 g/mol. The van der Waals surface area contributed by atoms with E-state index in [2.05, 4.69) is 0 Å². The van der Waals surface area contributed by atoms with Gasteiger partial charge in [-0.3, -0.25) is 0 Å². The van der Waals surface area contributed by atoms with Gasteiger partial charge in [-0.1, -0.05) is 18.2 Å². The van der Waals surface area contributed by atoms with E-state index in [0.717, 1.165) is 17.7 Å². The van der Waals surface area contributed by atoms with Crippen LogP contribution in [0.15, 0.2) is 42.5 Å². The van der Waals surface area contributed by atoms with E-state index in [-0.39, 0.29) is 5.82 Å². The van der Waals surface area contributed by atoms with Gasteiger partial charge in [-0.25, -0.2) is 13.2 Å². The van der Waals surface area contributed by atoms with Crippen LogP contribution in [0.1, 0.15) is 16.5 Å². The summed E-state index contributed by atoms with van der Waals surface area (Å²) in [5, 5.41) is -0.481. The number of halogens is 4. The van der Waals surface area contributed by atoms with Crippen molar-refractivity contribution in [3.8, 4) is 0 Å². The van der Waals surface area contributed by atoms with E-state index in [1.165, 1.54) is 18.2 Å². The fourth-order valence-electron chi connectivity index (χ4n) is 1.65. The van der Waals surface area contributed by atoms with Crippen molar-refractivity contribution in [2.75, 3.05) is 0 Å². The lowest BCUT2D eigenvalue weighted by Gasteiger charge is -2.10. The minimum absolute atomic E-state index is 0.322. The summed E-state index contributed by atoms with van der Waals surface area (Å²) in [6.45, 7) is 0. The molecule has 0 aliphatic rings. The fourth-order valence-corrected chi connectivity index (χ4v) is 1.97. The smallest absolute Gasteiger partial charge is 0.159 e. The molecule has 0 fully saturated rings. The topological polar surface area (TPSA) is 0 Å². The van der Waals surface area contributed by atoms with Gasteiger partial charge in [0.25, 0.3) is 0 Å². The van der Waals surface area contributed by atoms with Crippen molar-refractivity contribution >= 4 is 11.6 Å². The van der Waals surface area contributed by atoms with Crippen LogP contribution in [0.5, 0.6) is 0 Å². The quantitative estimate of drug-likeness (QED) is 0.714. The highest BCUT2D eigenvalue weighted by atomic mass is 35.5. The first-order valence-corrected chi connectivity index (χ1v) is 5.83. The van der Waals surface area contributed by atoms with Crippen LogP contribution in [-0.4, -0.2) is 0 Å². The second-order valence-electron chi connectivity index (χ2n) is 3.97. The van der Waals surface area contributed by atoms with Gasteiger partial charge in [0.15, 0.2) is 11.6 Å². The van der Waals surface area contributed by atoms with E-state index in [0.29, 0.717) is 12.0 Å². The highest BCUT2D eigenvalue weighted by Crippen LogP contribution is 2.26. The Balaban J connectivity index is 2.13. The second-order valence-corrected chi connectivity index (χ2v) is 4.50. The number of hydrogen-bond acceptors (Lipinski definition) is 0. The van der Waals surface area contributed by atoms with Crippen LogP contribution in [0, 0.1) is 17.5 Å². The Kier molecular flexibility index (Phi) is 3.92. The summed E-state index contributed by atoms with van der Waals surface area (Å²) < 4.78 is 38.5. The lowest BCUT2D eigenvalue weighted by Crippen LogP contribution is -1.98. The van der Waals surface area contributed by atoms with Crippen molar-refractivity contribution in [1.82, 2.24) is 0 Å². The third-order valence-corrected chi connectivity index (χ3v) is 3.04. The summed E-state index contributed by atoms with van der Waals surface area (Å²) in [6.07, 6.45) is 0.424. The van der Waals surface area contributed by atoms with Crippen LogP contribution in [0.25, 0.3) is 0 Å². The maximum absolute atomic E-state index is 13.0. The molecule has 0 amide bonds. The molecule has 18 heavy (non-hydrogen) atoms. The summed E-state index contributed by atoms with van der Waals surface area (Å²) in [7, 11) is 0. The summed E-state index contributed by atoms with van der Waals surface area (Å²) in [5.74, 6) is -2.14. The van der Waals surface area contributed by atoms with Gasteiger partial charge in [0, 0.05) is 0 Å². The SMILES string of the molecule is Fc1ccc(CC(Cl)c2ccc(F)c(F)c2)cc1. The molecular formula is C14H10ClF3. The molecule has 94 valence electrons. The molecule has 1 atom stereocenters. The minimum Gasteiger partial charge on any atom is -0.207 e. The van der Waals surface area contributed by atoms with Crippen LogP contribution in [-0.2, 0) is 6.42 Å². The fraction of sp³-hybridized carbons (Fsp3) is 0.143. The van der Waals surface area contributed by atoms with Crippen LogP contribution in [0.2, 0.25) is 0 Å². The number of alkyl halides is 1. The molecule has 0 aliphatic carbocycles. The predicted octanol–water partition coefficient (Wildman–Crippen LogP) is 4.63. The monoisotopic (exact) mass is 270 g/mol. The molecule has 0 bridgehead atoms. The van der Waals surface area contributed by atoms with E-state index in [1.807, 2.05) is 0 Å². The Morgan fingerprint density at radius 3 is 2.17 bits per heavy atom. The molecule has 0 aromatic heterocycles. The van der Waals surface area contributed by atoms with E-state index < -0.39 is 17.0 Å². The Morgan fingerprint density at radius 1 is 0.889 bits per heavy atom. The van der Waals surface area contributed by atoms with Crippen molar-refractivity contribution in [3.05, 3.63) is 71.0 Å². The third-order valence-electron chi connectivity index (χ3n) is 2.63. The molecule has 0 radical (unpaired) electrons. The maximum atomic E-state index is 13.0. The molecule has 2 aromatic carbocycles. The molecule has 2 rings (SSSR count). The minimum atomic E-state index is -0.919. The van der Waals surface area contributed by atoms with Crippen LogP contribution in [0.3, 0.4) is 0 Å². The van der Waals surface area contributed by atoms with E-state index >= 15 is 0 Å². The van der Waals surface area contributed by atoms with Gasteiger partial charge in [-0.05, 0) is 41.8 Å². The maximum Gasteiger partial charge on any atom is 0.159 e. The molecule has 2 aromatic rings. The number of hydrogen-bond donors (Lipinski definition) is 0. The lowest BCUT2D eigenvalue weighted by molar-refractivity contribution is 0.507. The van der Waals surface area contributed by atoms with Crippen LogP contribution in [0.4, 0.5) is 13.2 Å². The zero-order valence-electron chi connectivity index (χ0n) is 9.34. The normalized spacial score (nSPS) is 12.4. The van der Waals surface area contributed by atoms with Crippen molar-refractivity contribution in [1.29, 1.82) is 0 Å². The average Bonchev–Trinajstić information content (AvgIpc) is 2.35. The molecule has 0 saturated heterocycles. The summed E-state index contributed by atoms with van der Waals surface area (Å²) >= 11 is 6.12. The Bertz CT molecular complexity index is 537. The molecule has 0 N–H and O–H groups in total. The summed E-state index contributed by atoms with van der Waals surface area (Å²) in [5.41, 5.74) is 1.33. The first kappa shape index (κ1) is 13.0. The van der Waals surface area contributed by atoms with Gasteiger partial charge >= 0.3 is 0 Å². The lowest BCUT2D eigenvalue weighted by atomic mass is 10.0. The molecule has 0 saturated carbocycles. The van der Waals surface area contributed by atoms with Gasteiger partial charge in [0.2, 0.25) is 0 Å². The van der Waals surface area contributed by atoms with Crippen molar-refractivity contribution < 1.29 is 13.2 Å². The predicted molar refractivity (Wildman–Crippen MR) is 65.1 cm³/mol. The Labute approximate surface area is 108 Å². The van der Waals surface area contributed by atoms with Crippen molar-refractivity contribution in [2.45, 2.75) is 11.8 Å². The highest BCUT2D eigenvalue weighted by Gasteiger charge is 2.12.